The lowest BCUT2D eigenvalue weighted by Crippen LogP contribution is -2.29. The summed E-state index contributed by atoms with van der Waals surface area (Å²) in [6, 6.07) is 7.87. The molecular weight excluding hydrogens is 370 g/mol. The summed E-state index contributed by atoms with van der Waals surface area (Å²) >= 11 is 0. The van der Waals surface area contributed by atoms with Gasteiger partial charge in [0, 0.05) is 35.6 Å². The summed E-state index contributed by atoms with van der Waals surface area (Å²) in [7, 11) is 0. The van der Waals surface area contributed by atoms with Crippen LogP contribution in [0.25, 0.3) is 22.4 Å². The molecule has 1 aromatic carbocycles. The van der Waals surface area contributed by atoms with Crippen LogP contribution in [0, 0.1) is 13.8 Å². The predicted molar refractivity (Wildman–Crippen MR) is 107 cm³/mol. The van der Waals surface area contributed by atoms with E-state index in [-0.39, 0.29) is 12.5 Å². The largest absolute Gasteiger partial charge is 0.421 e. The van der Waals surface area contributed by atoms with E-state index in [4.69, 9.17) is 8.94 Å². The Labute approximate surface area is 167 Å². The standard InChI is InChI=1S/C21H23N5O3/c1-4-20-23-24-21(28-20)17-11-26(18-8-6-5-7-16(17)18)12-19(27)22-10-9-15-13(2)25-29-14(15)3/h5-8,11H,4,9-10,12H2,1-3H3,(H,22,27). The van der Waals surface area contributed by atoms with Crippen LogP contribution < -0.4 is 5.32 Å². The van der Waals surface area contributed by atoms with E-state index in [2.05, 4.69) is 20.7 Å². The van der Waals surface area contributed by atoms with Crippen molar-refractivity contribution in [1.82, 2.24) is 25.2 Å². The van der Waals surface area contributed by atoms with Gasteiger partial charge in [-0.15, -0.1) is 10.2 Å². The molecule has 0 aliphatic rings. The van der Waals surface area contributed by atoms with Gasteiger partial charge in [0.1, 0.15) is 12.3 Å². The molecule has 4 rings (SSSR count). The van der Waals surface area contributed by atoms with Crippen molar-refractivity contribution in [2.45, 2.75) is 40.2 Å². The molecule has 0 atom stereocenters. The maximum Gasteiger partial charge on any atom is 0.249 e. The van der Waals surface area contributed by atoms with E-state index in [0.717, 1.165) is 33.5 Å². The molecule has 3 aromatic heterocycles. The van der Waals surface area contributed by atoms with Crippen molar-refractivity contribution in [3.05, 3.63) is 53.4 Å². The van der Waals surface area contributed by atoms with Crippen LogP contribution in [-0.2, 0) is 24.2 Å². The topological polar surface area (TPSA) is 99.0 Å². The highest BCUT2D eigenvalue weighted by atomic mass is 16.5. The van der Waals surface area contributed by atoms with Crippen LogP contribution in [0.15, 0.2) is 39.4 Å². The van der Waals surface area contributed by atoms with Gasteiger partial charge < -0.3 is 18.8 Å². The number of hydrogen-bond donors (Lipinski definition) is 1. The van der Waals surface area contributed by atoms with Gasteiger partial charge in [0.2, 0.25) is 17.7 Å². The van der Waals surface area contributed by atoms with E-state index >= 15 is 0 Å². The first-order valence-electron chi connectivity index (χ1n) is 9.66. The van der Waals surface area contributed by atoms with E-state index in [1.807, 2.05) is 55.8 Å². The Hall–Kier alpha value is -3.42. The summed E-state index contributed by atoms with van der Waals surface area (Å²) in [5, 5.41) is 16.1. The normalized spacial score (nSPS) is 11.3. The van der Waals surface area contributed by atoms with Gasteiger partial charge in [0.25, 0.3) is 0 Å². The van der Waals surface area contributed by atoms with E-state index < -0.39 is 0 Å². The molecule has 0 spiro atoms. The van der Waals surface area contributed by atoms with Crippen LogP contribution in [0.2, 0.25) is 0 Å². The van der Waals surface area contributed by atoms with Crippen molar-refractivity contribution in [2.75, 3.05) is 6.54 Å². The van der Waals surface area contributed by atoms with Crippen LogP contribution in [0.1, 0.15) is 29.8 Å². The number of aromatic nitrogens is 4. The second-order valence-electron chi connectivity index (χ2n) is 6.95. The monoisotopic (exact) mass is 393 g/mol. The lowest BCUT2D eigenvalue weighted by molar-refractivity contribution is -0.121. The molecule has 1 amide bonds. The maximum absolute atomic E-state index is 12.5. The molecule has 29 heavy (non-hydrogen) atoms. The summed E-state index contributed by atoms with van der Waals surface area (Å²) in [6.07, 6.45) is 3.26. The van der Waals surface area contributed by atoms with Crippen molar-refractivity contribution in [3.8, 4) is 11.5 Å². The number of rotatable bonds is 7. The molecule has 1 N–H and O–H groups in total. The first-order valence-corrected chi connectivity index (χ1v) is 9.66. The fraction of sp³-hybridized carbons (Fsp3) is 0.333. The lowest BCUT2D eigenvalue weighted by Gasteiger charge is -2.07. The molecule has 0 radical (unpaired) electrons. The van der Waals surface area contributed by atoms with Crippen molar-refractivity contribution in [3.63, 3.8) is 0 Å². The molecule has 8 heteroatoms. The van der Waals surface area contributed by atoms with Gasteiger partial charge in [-0.1, -0.05) is 30.3 Å². The Morgan fingerprint density at radius 3 is 2.76 bits per heavy atom. The molecule has 150 valence electrons. The summed E-state index contributed by atoms with van der Waals surface area (Å²) < 4.78 is 12.8. The Balaban J connectivity index is 1.49. The third-order valence-electron chi connectivity index (χ3n) is 4.98. The van der Waals surface area contributed by atoms with E-state index in [0.29, 0.717) is 31.2 Å². The smallest absolute Gasteiger partial charge is 0.249 e. The maximum atomic E-state index is 12.5. The average Bonchev–Trinajstić information content (AvgIpc) is 3.42. The minimum atomic E-state index is -0.0659. The number of carbonyl (C=O) groups excluding carboxylic acids is 1. The fourth-order valence-electron chi connectivity index (χ4n) is 3.45. The number of carbonyl (C=O) groups is 1. The Morgan fingerprint density at radius 1 is 1.21 bits per heavy atom. The van der Waals surface area contributed by atoms with Gasteiger partial charge in [-0.05, 0) is 26.3 Å². The quantitative estimate of drug-likeness (QED) is 0.518. The predicted octanol–water partition coefficient (Wildman–Crippen LogP) is 3.22. The fourth-order valence-corrected chi connectivity index (χ4v) is 3.45. The molecule has 0 saturated heterocycles. The number of aryl methyl sites for hydroxylation is 3. The highest BCUT2D eigenvalue weighted by Crippen LogP contribution is 2.29. The number of benzene rings is 1. The van der Waals surface area contributed by atoms with Crippen LogP contribution in [-0.4, -0.2) is 32.4 Å². The van der Waals surface area contributed by atoms with Gasteiger partial charge in [0.05, 0.1) is 11.3 Å². The summed E-state index contributed by atoms with van der Waals surface area (Å²) in [5.74, 6) is 1.79. The minimum absolute atomic E-state index is 0.0659. The molecule has 8 nitrogen and oxygen atoms in total. The number of fused-ring (bicyclic) bond motifs is 1. The zero-order valence-electron chi connectivity index (χ0n) is 16.7. The van der Waals surface area contributed by atoms with Crippen LogP contribution >= 0.6 is 0 Å². The SMILES string of the molecule is CCc1nnc(-c2cn(CC(=O)NCCc3c(C)noc3C)c3ccccc23)o1. The molecule has 0 saturated carbocycles. The molecule has 3 heterocycles. The van der Waals surface area contributed by atoms with E-state index in [1.165, 1.54) is 0 Å². The third-order valence-corrected chi connectivity index (χ3v) is 4.98. The molecule has 4 aromatic rings. The van der Waals surface area contributed by atoms with Crippen LogP contribution in [0.3, 0.4) is 0 Å². The Morgan fingerprint density at radius 2 is 2.03 bits per heavy atom. The van der Waals surface area contributed by atoms with E-state index in [1.54, 1.807) is 0 Å². The van der Waals surface area contributed by atoms with Crippen molar-refractivity contribution in [2.24, 2.45) is 0 Å². The molecule has 0 fully saturated rings. The summed E-state index contributed by atoms with van der Waals surface area (Å²) in [6.45, 7) is 6.48. The minimum Gasteiger partial charge on any atom is -0.421 e. The second-order valence-corrected chi connectivity index (χ2v) is 6.95. The number of nitrogens with zero attached hydrogens (tertiary/aromatic N) is 4. The van der Waals surface area contributed by atoms with Gasteiger partial charge >= 0.3 is 0 Å². The van der Waals surface area contributed by atoms with Crippen molar-refractivity contribution < 1.29 is 13.7 Å². The van der Waals surface area contributed by atoms with Crippen LogP contribution in [0.4, 0.5) is 0 Å². The van der Waals surface area contributed by atoms with Gasteiger partial charge in [-0.3, -0.25) is 4.79 Å². The molecule has 0 bridgehead atoms. The average molecular weight is 393 g/mol. The molecular formula is C21H23N5O3. The van der Waals surface area contributed by atoms with Crippen molar-refractivity contribution >= 4 is 16.8 Å². The molecule has 0 unspecified atom stereocenters. The Kier molecular flexibility index (Phi) is 5.16. The van der Waals surface area contributed by atoms with Gasteiger partial charge in [0.15, 0.2) is 0 Å². The second kappa shape index (κ2) is 7.90. The van der Waals surface area contributed by atoms with E-state index in [9.17, 15) is 4.79 Å². The molecule has 0 aliphatic heterocycles. The zero-order valence-corrected chi connectivity index (χ0v) is 16.7. The number of amides is 1. The van der Waals surface area contributed by atoms with Crippen LogP contribution in [0.5, 0.6) is 0 Å². The Bertz CT molecular complexity index is 1130. The first kappa shape index (κ1) is 18.9. The summed E-state index contributed by atoms with van der Waals surface area (Å²) in [5.41, 5.74) is 3.68. The van der Waals surface area contributed by atoms with Gasteiger partial charge in [-0.25, -0.2) is 0 Å². The number of para-hydroxylation sites is 1. The third kappa shape index (κ3) is 3.78. The van der Waals surface area contributed by atoms with Gasteiger partial charge in [-0.2, -0.15) is 0 Å². The molecule has 0 aliphatic carbocycles. The highest BCUT2D eigenvalue weighted by molar-refractivity contribution is 5.94. The highest BCUT2D eigenvalue weighted by Gasteiger charge is 2.17. The zero-order chi connectivity index (χ0) is 20.4. The number of hydrogen-bond acceptors (Lipinski definition) is 6. The summed E-state index contributed by atoms with van der Waals surface area (Å²) in [4.78, 5) is 12.5. The lowest BCUT2D eigenvalue weighted by atomic mass is 10.1. The van der Waals surface area contributed by atoms with Crippen molar-refractivity contribution in [1.29, 1.82) is 0 Å². The number of nitrogens with one attached hydrogen (secondary N) is 1. The first-order chi connectivity index (χ1) is 14.1.